The van der Waals surface area contributed by atoms with E-state index in [9.17, 15) is 18.8 Å². The molecule has 1 fully saturated rings. The SMILES string of the molecule is COc1ccc(OC)c(/C=C2/C(=O)NC(=O)N(Cc3ccc(F)cc3)C2=O)c1. The van der Waals surface area contributed by atoms with E-state index < -0.39 is 23.7 Å². The Morgan fingerprint density at radius 2 is 1.75 bits per heavy atom. The topological polar surface area (TPSA) is 84.9 Å². The highest BCUT2D eigenvalue weighted by Crippen LogP contribution is 2.27. The third-order valence-corrected chi connectivity index (χ3v) is 4.18. The second-order valence-electron chi connectivity index (χ2n) is 5.94. The summed E-state index contributed by atoms with van der Waals surface area (Å²) >= 11 is 0. The zero-order valence-corrected chi connectivity index (χ0v) is 15.2. The van der Waals surface area contributed by atoms with Crippen LogP contribution in [0.25, 0.3) is 6.08 Å². The van der Waals surface area contributed by atoms with E-state index in [4.69, 9.17) is 9.47 Å². The zero-order chi connectivity index (χ0) is 20.3. The minimum Gasteiger partial charge on any atom is -0.497 e. The number of nitrogens with one attached hydrogen (secondary N) is 1. The van der Waals surface area contributed by atoms with Crippen LogP contribution < -0.4 is 14.8 Å². The highest BCUT2D eigenvalue weighted by molar-refractivity contribution is 6.31. The van der Waals surface area contributed by atoms with Gasteiger partial charge >= 0.3 is 6.03 Å². The van der Waals surface area contributed by atoms with Crippen LogP contribution in [0.1, 0.15) is 11.1 Å². The number of urea groups is 1. The number of halogens is 1. The van der Waals surface area contributed by atoms with Crippen molar-refractivity contribution in [1.82, 2.24) is 10.2 Å². The van der Waals surface area contributed by atoms with Crippen molar-refractivity contribution in [2.75, 3.05) is 14.2 Å². The van der Waals surface area contributed by atoms with Crippen molar-refractivity contribution in [3.8, 4) is 11.5 Å². The molecule has 1 saturated heterocycles. The van der Waals surface area contributed by atoms with Crippen LogP contribution in [0.3, 0.4) is 0 Å². The van der Waals surface area contributed by atoms with E-state index in [1.54, 1.807) is 18.2 Å². The van der Waals surface area contributed by atoms with Gasteiger partial charge in [0.15, 0.2) is 0 Å². The predicted molar refractivity (Wildman–Crippen MR) is 98.0 cm³/mol. The number of nitrogens with zero attached hydrogens (tertiary/aromatic N) is 1. The number of carbonyl (C=O) groups excluding carboxylic acids is 3. The molecule has 0 aromatic heterocycles. The third-order valence-electron chi connectivity index (χ3n) is 4.18. The highest BCUT2D eigenvalue weighted by atomic mass is 19.1. The Hall–Kier alpha value is -3.68. The van der Waals surface area contributed by atoms with E-state index in [1.165, 1.54) is 44.6 Å². The monoisotopic (exact) mass is 384 g/mol. The fraction of sp³-hybridized carbons (Fsp3) is 0.150. The maximum absolute atomic E-state index is 13.1. The average molecular weight is 384 g/mol. The third kappa shape index (κ3) is 3.85. The first-order valence-corrected chi connectivity index (χ1v) is 8.28. The molecular formula is C20H17FN2O5. The van der Waals surface area contributed by atoms with Gasteiger partial charge < -0.3 is 9.47 Å². The molecule has 2 aromatic rings. The molecule has 0 radical (unpaired) electrons. The van der Waals surface area contributed by atoms with Crippen molar-refractivity contribution in [3.05, 3.63) is 65.0 Å². The van der Waals surface area contributed by atoms with Crippen molar-refractivity contribution < 1.29 is 28.2 Å². The van der Waals surface area contributed by atoms with Gasteiger partial charge in [0.25, 0.3) is 11.8 Å². The first-order valence-electron chi connectivity index (χ1n) is 8.28. The summed E-state index contributed by atoms with van der Waals surface area (Å²) in [5.74, 6) is -1.07. The van der Waals surface area contributed by atoms with Crippen molar-refractivity contribution in [2.24, 2.45) is 0 Å². The lowest BCUT2D eigenvalue weighted by Crippen LogP contribution is -2.53. The second kappa shape index (κ2) is 7.91. The van der Waals surface area contributed by atoms with Crippen molar-refractivity contribution in [3.63, 3.8) is 0 Å². The average Bonchev–Trinajstić information content (AvgIpc) is 2.69. The smallest absolute Gasteiger partial charge is 0.331 e. The van der Waals surface area contributed by atoms with E-state index >= 15 is 0 Å². The van der Waals surface area contributed by atoms with Crippen LogP contribution in [0.2, 0.25) is 0 Å². The summed E-state index contributed by atoms with van der Waals surface area (Å²) in [5, 5.41) is 2.14. The molecule has 0 aliphatic carbocycles. The number of carbonyl (C=O) groups is 3. The molecule has 28 heavy (non-hydrogen) atoms. The van der Waals surface area contributed by atoms with E-state index in [0.29, 0.717) is 22.6 Å². The molecule has 0 bridgehead atoms. The maximum atomic E-state index is 13.1. The molecule has 144 valence electrons. The Balaban J connectivity index is 1.95. The molecule has 0 unspecified atom stereocenters. The maximum Gasteiger partial charge on any atom is 0.331 e. The number of hydrogen-bond donors (Lipinski definition) is 1. The van der Waals surface area contributed by atoms with Crippen LogP contribution in [-0.2, 0) is 16.1 Å². The van der Waals surface area contributed by atoms with Crippen molar-refractivity contribution in [1.29, 1.82) is 0 Å². The van der Waals surface area contributed by atoms with Gasteiger partial charge in [0.1, 0.15) is 22.9 Å². The molecule has 3 rings (SSSR count). The first kappa shape index (κ1) is 19.1. The summed E-state index contributed by atoms with van der Waals surface area (Å²) in [5.41, 5.74) is 0.752. The van der Waals surface area contributed by atoms with Gasteiger partial charge in [-0.05, 0) is 42.0 Å². The van der Waals surface area contributed by atoms with Gasteiger partial charge in [-0.1, -0.05) is 12.1 Å². The number of benzene rings is 2. The minimum atomic E-state index is -0.839. The molecule has 2 aromatic carbocycles. The molecule has 8 heteroatoms. The summed E-state index contributed by atoms with van der Waals surface area (Å²) in [6.45, 7) is -0.106. The van der Waals surface area contributed by atoms with Crippen LogP contribution in [0.4, 0.5) is 9.18 Å². The number of hydrogen-bond acceptors (Lipinski definition) is 5. The summed E-state index contributed by atoms with van der Waals surface area (Å²) < 4.78 is 23.5. The van der Waals surface area contributed by atoms with Gasteiger partial charge in [-0.15, -0.1) is 0 Å². The predicted octanol–water partition coefficient (Wildman–Crippen LogP) is 2.50. The van der Waals surface area contributed by atoms with Crippen LogP contribution in [0.5, 0.6) is 11.5 Å². The molecule has 1 N–H and O–H groups in total. The number of methoxy groups -OCH3 is 2. The number of amides is 4. The van der Waals surface area contributed by atoms with Crippen molar-refractivity contribution >= 4 is 23.9 Å². The molecule has 1 aliphatic heterocycles. The Bertz CT molecular complexity index is 969. The molecular weight excluding hydrogens is 367 g/mol. The second-order valence-corrected chi connectivity index (χ2v) is 5.94. The largest absolute Gasteiger partial charge is 0.497 e. The van der Waals surface area contributed by atoms with Crippen LogP contribution in [0.15, 0.2) is 48.0 Å². The van der Waals surface area contributed by atoms with Gasteiger partial charge in [0.2, 0.25) is 0 Å². The molecule has 0 saturated carbocycles. The number of ether oxygens (including phenoxy) is 2. The van der Waals surface area contributed by atoms with Gasteiger partial charge in [-0.25, -0.2) is 9.18 Å². The van der Waals surface area contributed by atoms with Gasteiger partial charge in [-0.2, -0.15) is 0 Å². The molecule has 0 atom stereocenters. The zero-order valence-electron chi connectivity index (χ0n) is 15.2. The van der Waals surface area contributed by atoms with Crippen LogP contribution in [-0.4, -0.2) is 37.0 Å². The Morgan fingerprint density at radius 1 is 1.04 bits per heavy atom. The fourth-order valence-electron chi connectivity index (χ4n) is 2.72. The van der Waals surface area contributed by atoms with Crippen molar-refractivity contribution in [2.45, 2.75) is 6.54 Å². The van der Waals surface area contributed by atoms with E-state index in [2.05, 4.69) is 5.32 Å². The lowest BCUT2D eigenvalue weighted by Gasteiger charge is -2.26. The summed E-state index contributed by atoms with van der Waals surface area (Å²) in [6, 6.07) is 9.45. The lowest BCUT2D eigenvalue weighted by molar-refractivity contribution is -0.130. The van der Waals surface area contributed by atoms with Crippen LogP contribution in [0, 0.1) is 5.82 Å². The summed E-state index contributed by atoms with van der Waals surface area (Å²) in [6.07, 6.45) is 1.34. The molecule has 4 amide bonds. The van der Waals surface area contributed by atoms with E-state index in [0.717, 1.165) is 4.90 Å². The molecule has 0 spiro atoms. The quantitative estimate of drug-likeness (QED) is 0.633. The number of imide groups is 2. The lowest BCUT2D eigenvalue weighted by atomic mass is 10.1. The summed E-state index contributed by atoms with van der Waals surface area (Å²) in [4.78, 5) is 38.1. The van der Waals surface area contributed by atoms with Crippen LogP contribution >= 0.6 is 0 Å². The van der Waals surface area contributed by atoms with Gasteiger partial charge in [0.05, 0.1) is 20.8 Å². The summed E-state index contributed by atoms with van der Waals surface area (Å²) in [7, 11) is 2.94. The fourth-order valence-corrected chi connectivity index (χ4v) is 2.72. The van der Waals surface area contributed by atoms with Gasteiger partial charge in [0, 0.05) is 5.56 Å². The normalized spacial score (nSPS) is 15.6. The molecule has 1 heterocycles. The standard InChI is InChI=1S/C20H17FN2O5/c1-27-15-7-8-17(28-2)13(9-15)10-16-18(24)22-20(26)23(19(16)25)11-12-3-5-14(21)6-4-12/h3-10H,11H2,1-2H3,(H,22,24,26)/b16-10-. The Labute approximate surface area is 160 Å². The van der Waals surface area contributed by atoms with E-state index in [-0.39, 0.29) is 12.1 Å². The molecule has 7 nitrogen and oxygen atoms in total. The Kier molecular flexibility index (Phi) is 5.39. The van der Waals surface area contributed by atoms with Gasteiger partial charge in [-0.3, -0.25) is 19.8 Å². The number of rotatable bonds is 5. The first-order chi connectivity index (χ1) is 13.4. The van der Waals surface area contributed by atoms with E-state index in [1.807, 2.05) is 0 Å². The minimum absolute atomic E-state index is 0.106. The highest BCUT2D eigenvalue weighted by Gasteiger charge is 2.35. The Morgan fingerprint density at radius 3 is 2.39 bits per heavy atom. The molecule has 1 aliphatic rings. The number of barbiturate groups is 1.